The van der Waals surface area contributed by atoms with Gasteiger partial charge in [0.1, 0.15) is 12.4 Å². The summed E-state index contributed by atoms with van der Waals surface area (Å²) in [5, 5.41) is 8.92. The van der Waals surface area contributed by atoms with Gasteiger partial charge in [0.2, 0.25) is 5.91 Å². The van der Waals surface area contributed by atoms with E-state index >= 15 is 0 Å². The van der Waals surface area contributed by atoms with Crippen molar-refractivity contribution in [3.8, 4) is 5.75 Å². The van der Waals surface area contributed by atoms with E-state index in [0.29, 0.717) is 17.9 Å². The standard InChI is InChI=1S/C24H25N3O3S/c1-15(17-5-9-20(10-6-17)27-24(29)18-3-4-18)25-23(28)19-7-11-22(12-8-19)30-13-21-14-31-16(2)26-21/h5-12,14-15,18H,3-4,13H2,1-2H3,(H,25,28)(H,27,29). The third kappa shape index (κ3) is 5.70. The van der Waals surface area contributed by atoms with E-state index in [1.807, 2.05) is 43.5 Å². The maximum Gasteiger partial charge on any atom is 0.251 e. The predicted molar refractivity (Wildman–Crippen MR) is 121 cm³/mol. The molecule has 0 aliphatic heterocycles. The van der Waals surface area contributed by atoms with Crippen LogP contribution in [0.25, 0.3) is 0 Å². The minimum atomic E-state index is -0.162. The maximum absolute atomic E-state index is 12.6. The highest BCUT2D eigenvalue weighted by Crippen LogP contribution is 2.30. The van der Waals surface area contributed by atoms with Gasteiger partial charge in [0.25, 0.3) is 5.91 Å². The summed E-state index contributed by atoms with van der Waals surface area (Å²) in [7, 11) is 0. The van der Waals surface area contributed by atoms with Crippen molar-refractivity contribution in [2.45, 2.75) is 39.3 Å². The fraction of sp³-hybridized carbons (Fsp3) is 0.292. The number of aromatic nitrogens is 1. The Hall–Kier alpha value is -3.19. The SMILES string of the molecule is Cc1nc(COc2ccc(C(=O)NC(C)c3ccc(NC(=O)C4CC4)cc3)cc2)cs1. The number of hydrogen-bond donors (Lipinski definition) is 2. The third-order valence-electron chi connectivity index (χ3n) is 5.14. The number of thiazole rings is 1. The molecule has 1 aliphatic carbocycles. The van der Waals surface area contributed by atoms with Crippen LogP contribution in [0.15, 0.2) is 53.9 Å². The number of carbonyl (C=O) groups is 2. The number of aryl methyl sites for hydroxylation is 1. The number of nitrogens with one attached hydrogen (secondary N) is 2. The smallest absolute Gasteiger partial charge is 0.251 e. The van der Waals surface area contributed by atoms with Crippen molar-refractivity contribution in [2.24, 2.45) is 5.92 Å². The quantitative estimate of drug-likeness (QED) is 0.529. The molecule has 7 heteroatoms. The van der Waals surface area contributed by atoms with E-state index in [1.54, 1.807) is 35.6 Å². The average molecular weight is 436 g/mol. The molecule has 6 nitrogen and oxygen atoms in total. The molecule has 160 valence electrons. The number of benzene rings is 2. The first-order valence-electron chi connectivity index (χ1n) is 10.3. The van der Waals surface area contributed by atoms with E-state index in [4.69, 9.17) is 4.74 Å². The van der Waals surface area contributed by atoms with Crippen LogP contribution in [0.1, 0.15) is 52.4 Å². The van der Waals surface area contributed by atoms with Crippen molar-refractivity contribution < 1.29 is 14.3 Å². The summed E-state index contributed by atoms with van der Waals surface area (Å²) in [6.45, 7) is 4.30. The lowest BCUT2D eigenvalue weighted by molar-refractivity contribution is -0.117. The summed E-state index contributed by atoms with van der Waals surface area (Å²) in [6, 6.07) is 14.5. The Morgan fingerprint density at radius 3 is 2.45 bits per heavy atom. The van der Waals surface area contributed by atoms with Crippen LogP contribution < -0.4 is 15.4 Å². The molecule has 1 aliphatic rings. The third-order valence-corrected chi connectivity index (χ3v) is 5.97. The second kappa shape index (κ2) is 9.31. The lowest BCUT2D eigenvalue weighted by Gasteiger charge is -2.15. The number of ether oxygens (including phenoxy) is 1. The Morgan fingerprint density at radius 1 is 1.13 bits per heavy atom. The number of carbonyl (C=O) groups excluding carboxylic acids is 2. The van der Waals surface area contributed by atoms with Gasteiger partial charge in [0.05, 0.1) is 16.7 Å². The lowest BCUT2D eigenvalue weighted by atomic mass is 10.1. The van der Waals surface area contributed by atoms with Crippen LogP contribution in [0.2, 0.25) is 0 Å². The monoisotopic (exact) mass is 435 g/mol. The minimum Gasteiger partial charge on any atom is -0.487 e. The van der Waals surface area contributed by atoms with Crippen LogP contribution in [-0.4, -0.2) is 16.8 Å². The van der Waals surface area contributed by atoms with Gasteiger partial charge in [-0.3, -0.25) is 9.59 Å². The molecule has 0 radical (unpaired) electrons. The zero-order chi connectivity index (χ0) is 21.8. The van der Waals surface area contributed by atoms with Crippen molar-refractivity contribution in [2.75, 3.05) is 5.32 Å². The van der Waals surface area contributed by atoms with Gasteiger partial charge in [-0.05, 0) is 68.7 Å². The zero-order valence-corrected chi connectivity index (χ0v) is 18.4. The van der Waals surface area contributed by atoms with Crippen molar-refractivity contribution in [3.63, 3.8) is 0 Å². The summed E-state index contributed by atoms with van der Waals surface area (Å²) >= 11 is 1.59. The Kier molecular flexibility index (Phi) is 6.32. The molecule has 1 atom stereocenters. The normalized spacial score (nSPS) is 14.0. The highest BCUT2D eigenvalue weighted by atomic mass is 32.1. The molecule has 2 aromatic carbocycles. The molecule has 1 unspecified atom stereocenters. The van der Waals surface area contributed by atoms with Gasteiger partial charge in [-0.15, -0.1) is 11.3 Å². The van der Waals surface area contributed by atoms with Gasteiger partial charge in [-0.2, -0.15) is 0 Å². The van der Waals surface area contributed by atoms with Gasteiger partial charge in [-0.25, -0.2) is 4.98 Å². The Bertz CT molecular complexity index is 1060. The van der Waals surface area contributed by atoms with Gasteiger partial charge < -0.3 is 15.4 Å². The average Bonchev–Trinajstić information content (AvgIpc) is 3.55. The second-order valence-corrected chi connectivity index (χ2v) is 8.81. The fourth-order valence-corrected chi connectivity index (χ4v) is 3.74. The van der Waals surface area contributed by atoms with Crippen LogP contribution in [0.3, 0.4) is 0 Å². The van der Waals surface area contributed by atoms with Crippen molar-refractivity contribution in [1.29, 1.82) is 0 Å². The van der Waals surface area contributed by atoms with Crippen molar-refractivity contribution in [1.82, 2.24) is 10.3 Å². The van der Waals surface area contributed by atoms with Crippen LogP contribution in [0.4, 0.5) is 5.69 Å². The molecule has 3 aromatic rings. The molecule has 1 fully saturated rings. The summed E-state index contributed by atoms with van der Waals surface area (Å²) in [5.41, 5.74) is 3.21. The molecule has 1 saturated carbocycles. The van der Waals surface area contributed by atoms with E-state index in [2.05, 4.69) is 15.6 Å². The van der Waals surface area contributed by atoms with E-state index in [9.17, 15) is 9.59 Å². The molecule has 1 aromatic heterocycles. The van der Waals surface area contributed by atoms with Crippen molar-refractivity contribution in [3.05, 3.63) is 75.7 Å². The molecule has 0 spiro atoms. The summed E-state index contributed by atoms with van der Waals surface area (Å²) < 4.78 is 5.73. The van der Waals surface area contributed by atoms with Gasteiger partial charge >= 0.3 is 0 Å². The molecule has 4 rings (SSSR count). The van der Waals surface area contributed by atoms with Crippen LogP contribution in [-0.2, 0) is 11.4 Å². The molecular formula is C24H25N3O3S. The highest BCUT2D eigenvalue weighted by molar-refractivity contribution is 7.09. The van der Waals surface area contributed by atoms with E-state index in [0.717, 1.165) is 34.8 Å². The lowest BCUT2D eigenvalue weighted by Crippen LogP contribution is -2.26. The molecule has 2 N–H and O–H groups in total. The van der Waals surface area contributed by atoms with Gasteiger partial charge in [-0.1, -0.05) is 12.1 Å². The molecule has 0 bridgehead atoms. The van der Waals surface area contributed by atoms with E-state index in [1.165, 1.54) is 0 Å². The predicted octanol–water partition coefficient (Wildman–Crippen LogP) is 4.87. The summed E-state index contributed by atoms with van der Waals surface area (Å²) in [5.74, 6) is 0.800. The van der Waals surface area contributed by atoms with Crippen LogP contribution in [0, 0.1) is 12.8 Å². The number of hydrogen-bond acceptors (Lipinski definition) is 5. The number of amides is 2. The number of rotatable bonds is 8. The first-order chi connectivity index (χ1) is 15.0. The molecular weight excluding hydrogens is 410 g/mol. The first-order valence-corrected chi connectivity index (χ1v) is 11.2. The second-order valence-electron chi connectivity index (χ2n) is 7.75. The number of nitrogens with zero attached hydrogens (tertiary/aromatic N) is 1. The van der Waals surface area contributed by atoms with E-state index < -0.39 is 0 Å². The fourth-order valence-electron chi connectivity index (χ4n) is 3.14. The van der Waals surface area contributed by atoms with Crippen LogP contribution >= 0.6 is 11.3 Å². The number of anilines is 1. The van der Waals surface area contributed by atoms with E-state index in [-0.39, 0.29) is 23.8 Å². The molecule has 2 amide bonds. The minimum absolute atomic E-state index is 0.0863. The molecule has 1 heterocycles. The van der Waals surface area contributed by atoms with Gasteiger partial charge in [0.15, 0.2) is 0 Å². The van der Waals surface area contributed by atoms with Crippen molar-refractivity contribution >= 4 is 28.8 Å². The molecule has 31 heavy (non-hydrogen) atoms. The van der Waals surface area contributed by atoms with Crippen LogP contribution in [0.5, 0.6) is 5.75 Å². The topological polar surface area (TPSA) is 80.3 Å². The summed E-state index contributed by atoms with van der Waals surface area (Å²) in [4.78, 5) is 28.8. The first kappa shape index (κ1) is 21.1. The Morgan fingerprint density at radius 2 is 1.84 bits per heavy atom. The van der Waals surface area contributed by atoms with Gasteiger partial charge in [0, 0.05) is 22.5 Å². The summed E-state index contributed by atoms with van der Waals surface area (Å²) in [6.07, 6.45) is 1.96. The molecule has 0 saturated heterocycles. The Balaban J connectivity index is 1.29. The Labute approximate surface area is 185 Å². The largest absolute Gasteiger partial charge is 0.487 e. The zero-order valence-electron chi connectivity index (χ0n) is 17.6. The highest BCUT2D eigenvalue weighted by Gasteiger charge is 2.29. The maximum atomic E-state index is 12.6.